The number of rotatable bonds is 2. The fraction of sp³-hybridized carbons (Fsp3) is 0.0833. The fourth-order valence-electron chi connectivity index (χ4n) is 1.56. The maximum absolute atomic E-state index is 8.95. The molecule has 0 saturated heterocycles. The lowest BCUT2D eigenvalue weighted by atomic mass is 10.2. The number of nitrogens with two attached hydrogens (primary N) is 1. The monoisotopic (exact) mass is 231 g/mol. The molecule has 16 heavy (non-hydrogen) atoms. The molecule has 0 aliphatic rings. The number of nitrogens with zero attached hydrogens (tertiary/aromatic N) is 2. The van der Waals surface area contributed by atoms with E-state index in [0.717, 1.165) is 5.56 Å². The molecule has 0 atom stereocenters. The molecular weight excluding hydrogens is 222 g/mol. The number of halogens is 1. The number of nitrogen functional groups attached to an aromatic ring is 1. The summed E-state index contributed by atoms with van der Waals surface area (Å²) in [4.78, 5) is 0. The summed E-state index contributed by atoms with van der Waals surface area (Å²) < 4.78 is 1.70. The first-order valence-electron chi connectivity index (χ1n) is 4.81. The van der Waals surface area contributed by atoms with Crippen molar-refractivity contribution in [2.45, 2.75) is 6.54 Å². The molecule has 1 aromatic heterocycles. The Bertz CT molecular complexity index is 537. The Hall–Kier alpha value is -1.92. The fourth-order valence-corrected chi connectivity index (χ4v) is 1.76. The third kappa shape index (κ3) is 1.88. The number of nitriles is 1. The number of hydrogen-bond acceptors (Lipinski definition) is 2. The van der Waals surface area contributed by atoms with Crippen LogP contribution in [0.3, 0.4) is 0 Å². The second kappa shape index (κ2) is 4.30. The lowest BCUT2D eigenvalue weighted by Gasteiger charge is -2.06. The largest absolute Gasteiger partial charge is 0.396 e. The second-order valence-corrected chi connectivity index (χ2v) is 3.82. The molecule has 0 spiro atoms. The smallest absolute Gasteiger partial charge is 0.133 e. The van der Waals surface area contributed by atoms with Gasteiger partial charge in [-0.3, -0.25) is 0 Å². The molecule has 80 valence electrons. The maximum Gasteiger partial charge on any atom is 0.133 e. The van der Waals surface area contributed by atoms with E-state index in [1.165, 1.54) is 0 Å². The first kappa shape index (κ1) is 10.6. The summed E-state index contributed by atoms with van der Waals surface area (Å²) in [7, 11) is 0. The second-order valence-electron chi connectivity index (χ2n) is 3.46. The third-order valence-corrected chi connectivity index (χ3v) is 2.78. The van der Waals surface area contributed by atoms with E-state index >= 15 is 0 Å². The molecule has 1 heterocycles. The van der Waals surface area contributed by atoms with Crippen molar-refractivity contribution in [3.05, 3.63) is 52.8 Å². The van der Waals surface area contributed by atoms with E-state index in [1.54, 1.807) is 10.6 Å². The van der Waals surface area contributed by atoms with Crippen LogP contribution in [0.5, 0.6) is 0 Å². The summed E-state index contributed by atoms with van der Waals surface area (Å²) >= 11 is 6.03. The maximum atomic E-state index is 8.95. The number of benzene rings is 1. The summed E-state index contributed by atoms with van der Waals surface area (Å²) in [6.07, 6.45) is 0. The first-order valence-corrected chi connectivity index (χ1v) is 5.18. The average Bonchev–Trinajstić information content (AvgIpc) is 2.58. The van der Waals surface area contributed by atoms with Crippen molar-refractivity contribution >= 4 is 17.3 Å². The summed E-state index contributed by atoms with van der Waals surface area (Å²) in [5, 5.41) is 9.37. The van der Waals surface area contributed by atoms with E-state index in [2.05, 4.69) is 6.07 Å². The Morgan fingerprint density at radius 3 is 2.62 bits per heavy atom. The molecule has 0 fully saturated rings. The van der Waals surface area contributed by atoms with Gasteiger partial charge in [0.1, 0.15) is 16.9 Å². The van der Waals surface area contributed by atoms with Crippen LogP contribution in [-0.2, 0) is 6.54 Å². The van der Waals surface area contributed by atoms with Crippen LogP contribution >= 0.6 is 11.6 Å². The number of aromatic nitrogens is 1. The minimum Gasteiger partial charge on any atom is -0.396 e. The van der Waals surface area contributed by atoms with Gasteiger partial charge in [-0.05, 0) is 11.6 Å². The van der Waals surface area contributed by atoms with E-state index < -0.39 is 0 Å². The molecule has 0 unspecified atom stereocenters. The van der Waals surface area contributed by atoms with Crippen molar-refractivity contribution in [1.82, 2.24) is 4.57 Å². The van der Waals surface area contributed by atoms with E-state index in [9.17, 15) is 0 Å². The Morgan fingerprint density at radius 1 is 1.31 bits per heavy atom. The van der Waals surface area contributed by atoms with Crippen molar-refractivity contribution < 1.29 is 0 Å². The zero-order valence-corrected chi connectivity index (χ0v) is 9.28. The van der Waals surface area contributed by atoms with Crippen molar-refractivity contribution in [3.8, 4) is 6.07 Å². The molecule has 0 aliphatic carbocycles. The molecule has 0 aliphatic heterocycles. The van der Waals surface area contributed by atoms with Crippen LogP contribution in [-0.4, -0.2) is 4.57 Å². The first-order chi connectivity index (χ1) is 7.72. The number of hydrogen-bond donors (Lipinski definition) is 1. The molecule has 1 aromatic carbocycles. The van der Waals surface area contributed by atoms with E-state index in [0.29, 0.717) is 23.1 Å². The van der Waals surface area contributed by atoms with Gasteiger partial charge in [-0.2, -0.15) is 5.26 Å². The van der Waals surface area contributed by atoms with Crippen LogP contribution in [0, 0.1) is 11.3 Å². The summed E-state index contributed by atoms with van der Waals surface area (Å²) in [6, 6.07) is 13.5. The van der Waals surface area contributed by atoms with Crippen LogP contribution in [0.15, 0.2) is 36.4 Å². The van der Waals surface area contributed by atoms with Crippen LogP contribution in [0.1, 0.15) is 11.3 Å². The standard InChI is InChI=1S/C12H10ClN3/c13-12-11(15)6-10(7-14)16(12)8-9-4-2-1-3-5-9/h1-6H,8,15H2. The summed E-state index contributed by atoms with van der Waals surface area (Å²) in [5.41, 5.74) is 7.66. The molecule has 2 rings (SSSR count). The van der Waals surface area contributed by atoms with Crippen molar-refractivity contribution in [3.63, 3.8) is 0 Å². The van der Waals surface area contributed by atoms with Crippen molar-refractivity contribution in [2.24, 2.45) is 0 Å². The molecule has 2 N–H and O–H groups in total. The van der Waals surface area contributed by atoms with Gasteiger partial charge in [-0.1, -0.05) is 41.9 Å². The summed E-state index contributed by atoms with van der Waals surface area (Å²) in [5.74, 6) is 0. The molecule has 3 nitrogen and oxygen atoms in total. The summed E-state index contributed by atoms with van der Waals surface area (Å²) in [6.45, 7) is 0.555. The number of anilines is 1. The lowest BCUT2D eigenvalue weighted by Crippen LogP contribution is -2.02. The molecule has 2 aromatic rings. The van der Waals surface area contributed by atoms with Gasteiger partial charge in [0, 0.05) is 6.54 Å². The van der Waals surface area contributed by atoms with E-state index in [1.807, 2.05) is 30.3 Å². The molecule has 0 amide bonds. The van der Waals surface area contributed by atoms with Crippen LogP contribution < -0.4 is 5.73 Å². The van der Waals surface area contributed by atoms with Gasteiger partial charge < -0.3 is 10.3 Å². The van der Waals surface area contributed by atoms with Crippen LogP contribution in [0.25, 0.3) is 0 Å². The Labute approximate surface area is 98.7 Å². The Balaban J connectivity index is 2.39. The van der Waals surface area contributed by atoms with Gasteiger partial charge in [0.05, 0.1) is 5.69 Å². The van der Waals surface area contributed by atoms with Gasteiger partial charge >= 0.3 is 0 Å². The lowest BCUT2D eigenvalue weighted by molar-refractivity contribution is 0.795. The highest BCUT2D eigenvalue weighted by atomic mass is 35.5. The molecule has 0 bridgehead atoms. The Morgan fingerprint density at radius 2 is 2.00 bits per heavy atom. The third-order valence-electron chi connectivity index (χ3n) is 2.36. The normalized spacial score (nSPS) is 10.0. The topological polar surface area (TPSA) is 54.7 Å². The van der Waals surface area contributed by atoms with Gasteiger partial charge in [0.25, 0.3) is 0 Å². The van der Waals surface area contributed by atoms with Gasteiger partial charge in [-0.15, -0.1) is 0 Å². The van der Waals surface area contributed by atoms with Crippen LogP contribution in [0.2, 0.25) is 5.15 Å². The molecule has 0 saturated carbocycles. The molecule has 4 heteroatoms. The van der Waals surface area contributed by atoms with Crippen molar-refractivity contribution in [1.29, 1.82) is 5.26 Å². The average molecular weight is 232 g/mol. The van der Waals surface area contributed by atoms with E-state index in [4.69, 9.17) is 22.6 Å². The highest BCUT2D eigenvalue weighted by Gasteiger charge is 2.10. The van der Waals surface area contributed by atoms with E-state index in [-0.39, 0.29) is 0 Å². The minimum absolute atomic E-state index is 0.417. The highest BCUT2D eigenvalue weighted by Crippen LogP contribution is 2.24. The molecule has 0 radical (unpaired) electrons. The van der Waals surface area contributed by atoms with Crippen LogP contribution in [0.4, 0.5) is 5.69 Å². The zero-order chi connectivity index (χ0) is 11.5. The van der Waals surface area contributed by atoms with Gasteiger partial charge in [-0.25, -0.2) is 0 Å². The minimum atomic E-state index is 0.417. The SMILES string of the molecule is N#Cc1cc(N)c(Cl)n1Cc1ccccc1. The van der Waals surface area contributed by atoms with Gasteiger partial charge in [0.2, 0.25) is 0 Å². The molecular formula is C12H10ClN3. The Kier molecular flexibility index (Phi) is 2.84. The van der Waals surface area contributed by atoms with Gasteiger partial charge in [0.15, 0.2) is 0 Å². The predicted molar refractivity (Wildman–Crippen MR) is 64.1 cm³/mol. The van der Waals surface area contributed by atoms with Crippen molar-refractivity contribution in [2.75, 3.05) is 5.73 Å². The zero-order valence-electron chi connectivity index (χ0n) is 8.52. The quantitative estimate of drug-likeness (QED) is 0.864. The highest BCUT2D eigenvalue weighted by molar-refractivity contribution is 6.32. The predicted octanol–water partition coefficient (Wildman–Crippen LogP) is 2.64.